The van der Waals surface area contributed by atoms with Crippen molar-refractivity contribution >= 4 is 33.1 Å². The lowest BCUT2D eigenvalue weighted by Crippen LogP contribution is -2.13. The lowest BCUT2D eigenvalue weighted by Gasteiger charge is -2.11. The Morgan fingerprint density at radius 2 is 1.70 bits per heavy atom. The second kappa shape index (κ2) is 8.60. The van der Waals surface area contributed by atoms with Gasteiger partial charge in [-0.15, -0.1) is 0 Å². The summed E-state index contributed by atoms with van der Waals surface area (Å²) in [5.41, 5.74) is -0.574. The Bertz CT molecular complexity index is 1210. The van der Waals surface area contributed by atoms with Crippen molar-refractivity contribution in [2.45, 2.75) is 16.4 Å². The first-order valence-corrected chi connectivity index (χ1v) is 10.3. The molecule has 0 N–H and O–H groups in total. The van der Waals surface area contributed by atoms with Crippen LogP contribution in [0.4, 0.5) is 10.1 Å². The summed E-state index contributed by atoms with van der Waals surface area (Å²) in [6, 6.07) is 13.6. The number of halogens is 2. The van der Waals surface area contributed by atoms with Gasteiger partial charge in [0.25, 0.3) is 5.69 Å². The van der Waals surface area contributed by atoms with Gasteiger partial charge < -0.3 is 4.74 Å². The van der Waals surface area contributed by atoms with Crippen LogP contribution in [0.15, 0.2) is 76.5 Å². The van der Waals surface area contributed by atoms with Crippen LogP contribution in [0.25, 0.3) is 0 Å². The highest BCUT2D eigenvalue weighted by atomic mass is 35.5. The van der Waals surface area contributed by atoms with E-state index in [1.165, 1.54) is 36.4 Å². The third-order valence-corrected chi connectivity index (χ3v) is 6.35. The Morgan fingerprint density at radius 1 is 1.03 bits per heavy atom. The molecule has 0 saturated heterocycles. The molecule has 0 atom stereocenters. The molecule has 0 bridgehead atoms. The van der Waals surface area contributed by atoms with Gasteiger partial charge in [0.2, 0.25) is 9.84 Å². The number of ether oxygens (including phenoxy) is 1. The Labute approximate surface area is 175 Å². The normalized spacial score (nSPS) is 11.1. The van der Waals surface area contributed by atoms with Crippen LogP contribution in [0.3, 0.4) is 0 Å². The molecule has 3 aromatic carbocycles. The van der Waals surface area contributed by atoms with Gasteiger partial charge in [-0.1, -0.05) is 29.8 Å². The first kappa shape index (κ1) is 21.4. The molecule has 0 aromatic heterocycles. The Balaban J connectivity index is 1.91. The molecular weight excluding hydrogens is 437 g/mol. The number of non-ortho nitro benzene ring substituents is 1. The van der Waals surface area contributed by atoms with Crippen LogP contribution in [0.5, 0.6) is 0 Å². The van der Waals surface area contributed by atoms with Crippen molar-refractivity contribution < 1.29 is 27.3 Å². The smallest absolute Gasteiger partial charge is 0.339 e. The number of esters is 1. The Morgan fingerprint density at radius 3 is 2.33 bits per heavy atom. The molecule has 0 fully saturated rings. The minimum absolute atomic E-state index is 0.0387. The highest BCUT2D eigenvalue weighted by molar-refractivity contribution is 7.91. The molecule has 3 aromatic rings. The number of sulfone groups is 1. The average Bonchev–Trinajstić information content (AvgIpc) is 2.73. The standard InChI is InChI=1S/C20H13ClFNO6S/c21-17-5-3-6-18(22)16(17)12-29-20(24)15-4-1-2-7-19(15)30(27,28)14-10-8-13(9-11-14)23(25)26/h1-11H,12H2. The second-order valence-corrected chi connectivity index (χ2v) is 8.35. The van der Waals surface area contributed by atoms with Gasteiger partial charge >= 0.3 is 5.97 Å². The van der Waals surface area contributed by atoms with Crippen molar-refractivity contribution in [2.75, 3.05) is 0 Å². The monoisotopic (exact) mass is 449 g/mol. The van der Waals surface area contributed by atoms with E-state index >= 15 is 0 Å². The van der Waals surface area contributed by atoms with Crippen molar-refractivity contribution in [2.24, 2.45) is 0 Å². The topological polar surface area (TPSA) is 104 Å². The number of nitro benzene ring substituents is 1. The maximum atomic E-state index is 13.9. The molecule has 0 aliphatic heterocycles. The third-order valence-electron chi connectivity index (χ3n) is 4.16. The number of carbonyl (C=O) groups is 1. The quantitative estimate of drug-likeness (QED) is 0.310. The number of nitro groups is 1. The van der Waals surface area contributed by atoms with Gasteiger partial charge in [-0.2, -0.15) is 0 Å². The molecule has 0 amide bonds. The molecule has 0 aliphatic rings. The van der Waals surface area contributed by atoms with E-state index in [0.717, 1.165) is 30.3 Å². The van der Waals surface area contributed by atoms with E-state index < -0.39 is 33.2 Å². The van der Waals surface area contributed by atoms with E-state index in [0.29, 0.717) is 0 Å². The summed E-state index contributed by atoms with van der Waals surface area (Å²) in [5, 5.41) is 10.8. The number of carbonyl (C=O) groups excluding carboxylic acids is 1. The molecule has 0 radical (unpaired) electrons. The zero-order chi connectivity index (χ0) is 21.9. The Kier molecular flexibility index (Phi) is 6.14. The summed E-state index contributed by atoms with van der Waals surface area (Å²) in [5.74, 6) is -1.66. The van der Waals surface area contributed by atoms with Crippen LogP contribution in [-0.2, 0) is 21.2 Å². The predicted molar refractivity (Wildman–Crippen MR) is 106 cm³/mol. The van der Waals surface area contributed by atoms with E-state index in [1.807, 2.05) is 0 Å². The fraction of sp³-hybridized carbons (Fsp3) is 0.0500. The molecule has 0 spiro atoms. The molecule has 0 heterocycles. The van der Waals surface area contributed by atoms with Crippen LogP contribution in [0, 0.1) is 15.9 Å². The summed E-state index contributed by atoms with van der Waals surface area (Å²) in [6.07, 6.45) is 0. The number of rotatable bonds is 6. The number of hydrogen-bond donors (Lipinski definition) is 0. The lowest BCUT2D eigenvalue weighted by atomic mass is 10.2. The SMILES string of the molecule is O=C(OCc1c(F)cccc1Cl)c1ccccc1S(=O)(=O)c1ccc([N+](=O)[O-])cc1. The first-order chi connectivity index (χ1) is 14.2. The predicted octanol–water partition coefficient (Wildman–Crippen LogP) is 4.58. The molecule has 154 valence electrons. The van der Waals surface area contributed by atoms with Crippen molar-refractivity contribution in [3.05, 3.63) is 98.8 Å². The Hall–Kier alpha value is -3.30. The molecule has 3 rings (SSSR count). The average molecular weight is 450 g/mol. The van der Waals surface area contributed by atoms with Crippen molar-refractivity contribution in [3.63, 3.8) is 0 Å². The van der Waals surface area contributed by atoms with Gasteiger partial charge in [0.15, 0.2) is 0 Å². The van der Waals surface area contributed by atoms with Gasteiger partial charge in [0.05, 0.1) is 25.3 Å². The van der Waals surface area contributed by atoms with E-state index in [2.05, 4.69) is 0 Å². The third kappa shape index (κ3) is 4.32. The summed E-state index contributed by atoms with van der Waals surface area (Å²) in [6.45, 7) is -0.490. The summed E-state index contributed by atoms with van der Waals surface area (Å²) >= 11 is 5.90. The number of nitrogens with zero attached hydrogens (tertiary/aromatic N) is 1. The minimum atomic E-state index is -4.18. The fourth-order valence-corrected chi connectivity index (χ4v) is 4.29. The lowest BCUT2D eigenvalue weighted by molar-refractivity contribution is -0.384. The summed E-state index contributed by atoms with van der Waals surface area (Å²) in [7, 11) is -4.18. The largest absolute Gasteiger partial charge is 0.457 e. The van der Waals surface area contributed by atoms with Gasteiger partial charge in [0.1, 0.15) is 12.4 Å². The van der Waals surface area contributed by atoms with Crippen LogP contribution < -0.4 is 0 Å². The number of benzene rings is 3. The van der Waals surface area contributed by atoms with Gasteiger partial charge in [0, 0.05) is 17.7 Å². The summed E-state index contributed by atoms with van der Waals surface area (Å²) < 4.78 is 44.9. The van der Waals surface area contributed by atoms with Crippen molar-refractivity contribution in [1.29, 1.82) is 0 Å². The molecule has 10 heteroatoms. The minimum Gasteiger partial charge on any atom is -0.457 e. The molecular formula is C20H13ClFNO6S. The van der Waals surface area contributed by atoms with Gasteiger partial charge in [-0.3, -0.25) is 10.1 Å². The van der Waals surface area contributed by atoms with E-state index in [1.54, 1.807) is 0 Å². The molecule has 7 nitrogen and oxygen atoms in total. The molecule has 0 unspecified atom stereocenters. The second-order valence-electron chi connectivity index (χ2n) is 6.03. The molecule has 0 saturated carbocycles. The maximum absolute atomic E-state index is 13.9. The van der Waals surface area contributed by atoms with Crippen LogP contribution in [0.1, 0.15) is 15.9 Å². The van der Waals surface area contributed by atoms with E-state index in [9.17, 15) is 27.7 Å². The van der Waals surface area contributed by atoms with Gasteiger partial charge in [-0.25, -0.2) is 17.6 Å². The molecule has 30 heavy (non-hydrogen) atoms. The maximum Gasteiger partial charge on any atom is 0.339 e. The van der Waals surface area contributed by atoms with Gasteiger partial charge in [-0.05, 0) is 36.4 Å². The van der Waals surface area contributed by atoms with E-state index in [4.69, 9.17) is 16.3 Å². The first-order valence-electron chi connectivity index (χ1n) is 8.40. The van der Waals surface area contributed by atoms with Crippen LogP contribution in [-0.4, -0.2) is 19.3 Å². The fourth-order valence-electron chi connectivity index (χ4n) is 2.63. The zero-order valence-electron chi connectivity index (χ0n) is 15.1. The molecule has 0 aliphatic carbocycles. The van der Waals surface area contributed by atoms with E-state index in [-0.39, 0.29) is 31.6 Å². The van der Waals surface area contributed by atoms with Crippen molar-refractivity contribution in [3.8, 4) is 0 Å². The highest BCUT2D eigenvalue weighted by Gasteiger charge is 2.26. The van der Waals surface area contributed by atoms with Crippen LogP contribution >= 0.6 is 11.6 Å². The summed E-state index contributed by atoms with van der Waals surface area (Å²) in [4.78, 5) is 22.1. The van der Waals surface area contributed by atoms with Crippen LogP contribution in [0.2, 0.25) is 5.02 Å². The highest BCUT2D eigenvalue weighted by Crippen LogP contribution is 2.27. The number of hydrogen-bond acceptors (Lipinski definition) is 6. The zero-order valence-corrected chi connectivity index (χ0v) is 16.7. The van der Waals surface area contributed by atoms with Crippen molar-refractivity contribution in [1.82, 2.24) is 0 Å².